The molecule has 3 N–H and O–H groups in total. The van der Waals surface area contributed by atoms with Crippen LogP contribution in [0, 0.1) is 25.7 Å². The molecule has 7 heteroatoms. The van der Waals surface area contributed by atoms with Crippen molar-refractivity contribution in [2.75, 3.05) is 19.6 Å². The number of amides is 1. The number of hydrogen-bond donors (Lipinski definition) is 3. The number of carbonyl (C=O) groups excluding carboxylic acids is 1. The first-order valence-corrected chi connectivity index (χ1v) is 9.01. The van der Waals surface area contributed by atoms with E-state index in [1.807, 2.05) is 13.8 Å². The molecule has 2 rings (SSSR count). The molecule has 0 bridgehead atoms. The van der Waals surface area contributed by atoms with Gasteiger partial charge in [-0.1, -0.05) is 13.8 Å². The first-order valence-electron chi connectivity index (χ1n) is 9.01. The third-order valence-electron chi connectivity index (χ3n) is 5.23. The van der Waals surface area contributed by atoms with Gasteiger partial charge in [0.05, 0.1) is 12.1 Å². The average molecular weight is 350 g/mol. The van der Waals surface area contributed by atoms with Gasteiger partial charge in [-0.3, -0.25) is 14.7 Å². The fourth-order valence-corrected chi connectivity index (χ4v) is 3.47. The molecule has 0 unspecified atom stereocenters. The molecule has 0 radical (unpaired) electrons. The molecule has 0 saturated carbocycles. The number of aromatic nitrogens is 2. The van der Waals surface area contributed by atoms with Crippen molar-refractivity contribution < 1.29 is 14.7 Å². The Labute approximate surface area is 149 Å². The number of H-pyrrole nitrogens is 1. The summed E-state index contributed by atoms with van der Waals surface area (Å²) >= 11 is 0. The molecule has 1 aliphatic rings. The first kappa shape index (κ1) is 19.4. The van der Waals surface area contributed by atoms with Crippen LogP contribution in [0.1, 0.15) is 43.6 Å². The minimum Gasteiger partial charge on any atom is -0.481 e. The Hall–Kier alpha value is -1.89. The Morgan fingerprint density at radius 2 is 2.04 bits per heavy atom. The fraction of sp³-hybridized carbons (Fsp3) is 0.722. The molecule has 0 aromatic carbocycles. The van der Waals surface area contributed by atoms with Crippen molar-refractivity contribution in [1.29, 1.82) is 0 Å². The van der Waals surface area contributed by atoms with Gasteiger partial charge in [-0.2, -0.15) is 5.10 Å². The first-order chi connectivity index (χ1) is 11.8. The molecule has 140 valence electrons. The summed E-state index contributed by atoms with van der Waals surface area (Å²) in [5, 5.41) is 19.2. The van der Waals surface area contributed by atoms with Crippen molar-refractivity contribution in [2.24, 2.45) is 11.8 Å². The van der Waals surface area contributed by atoms with Crippen LogP contribution in [0.4, 0.5) is 0 Å². The monoisotopic (exact) mass is 350 g/mol. The Morgan fingerprint density at radius 1 is 1.32 bits per heavy atom. The molecule has 1 aromatic rings. The molecule has 0 spiro atoms. The second kappa shape index (κ2) is 8.47. The maximum atomic E-state index is 12.4. The third kappa shape index (κ3) is 5.29. The fourth-order valence-electron chi connectivity index (χ4n) is 3.47. The SMILES string of the molecule is Cc1[nH]nc(CCC(=O)N[C@H]2CN(CCC(=O)O)C[C@@H]2C(C)C)c1C. The summed E-state index contributed by atoms with van der Waals surface area (Å²) < 4.78 is 0. The van der Waals surface area contributed by atoms with Gasteiger partial charge in [0.2, 0.25) is 5.91 Å². The van der Waals surface area contributed by atoms with Gasteiger partial charge in [0.15, 0.2) is 0 Å². The maximum Gasteiger partial charge on any atom is 0.304 e. The van der Waals surface area contributed by atoms with E-state index in [1.165, 1.54) is 0 Å². The van der Waals surface area contributed by atoms with Gasteiger partial charge in [0, 0.05) is 44.2 Å². The summed E-state index contributed by atoms with van der Waals surface area (Å²) in [6, 6.07) is 0.0864. The molecule has 2 heterocycles. The number of nitrogens with one attached hydrogen (secondary N) is 2. The molecule has 2 atom stereocenters. The third-order valence-corrected chi connectivity index (χ3v) is 5.23. The van der Waals surface area contributed by atoms with E-state index in [0.29, 0.717) is 31.2 Å². The van der Waals surface area contributed by atoms with Gasteiger partial charge in [-0.15, -0.1) is 0 Å². The van der Waals surface area contributed by atoms with E-state index in [0.717, 1.165) is 30.0 Å². The number of aryl methyl sites for hydroxylation is 2. The lowest BCUT2D eigenvalue weighted by Crippen LogP contribution is -2.42. The van der Waals surface area contributed by atoms with Crippen molar-refractivity contribution in [1.82, 2.24) is 20.4 Å². The summed E-state index contributed by atoms with van der Waals surface area (Å²) in [5.41, 5.74) is 3.11. The van der Waals surface area contributed by atoms with Crippen LogP contribution in [-0.2, 0) is 16.0 Å². The van der Waals surface area contributed by atoms with Crippen molar-refractivity contribution in [3.8, 4) is 0 Å². The number of carbonyl (C=O) groups is 2. The molecule has 1 fully saturated rings. The minimum atomic E-state index is -0.779. The quantitative estimate of drug-likeness (QED) is 0.660. The Balaban J connectivity index is 1.86. The minimum absolute atomic E-state index is 0.0378. The molecule has 25 heavy (non-hydrogen) atoms. The number of likely N-dealkylation sites (tertiary alicyclic amines) is 1. The van der Waals surface area contributed by atoms with E-state index >= 15 is 0 Å². The van der Waals surface area contributed by atoms with Crippen molar-refractivity contribution in [2.45, 2.75) is 53.0 Å². The van der Waals surface area contributed by atoms with Crippen LogP contribution in [0.25, 0.3) is 0 Å². The molecule has 0 aliphatic carbocycles. The lowest BCUT2D eigenvalue weighted by atomic mass is 9.91. The average Bonchev–Trinajstić information content (AvgIpc) is 3.08. The normalized spacial score (nSPS) is 21.0. The highest BCUT2D eigenvalue weighted by atomic mass is 16.4. The van der Waals surface area contributed by atoms with Crippen molar-refractivity contribution in [3.05, 3.63) is 17.0 Å². The second-order valence-corrected chi connectivity index (χ2v) is 7.41. The molecule has 7 nitrogen and oxygen atoms in total. The van der Waals surface area contributed by atoms with E-state index in [-0.39, 0.29) is 18.4 Å². The van der Waals surface area contributed by atoms with Gasteiger partial charge in [0.1, 0.15) is 0 Å². The zero-order chi connectivity index (χ0) is 18.6. The highest BCUT2D eigenvalue weighted by molar-refractivity contribution is 5.76. The van der Waals surface area contributed by atoms with Gasteiger partial charge in [-0.05, 0) is 31.2 Å². The van der Waals surface area contributed by atoms with E-state index in [1.54, 1.807) is 0 Å². The predicted molar refractivity (Wildman–Crippen MR) is 95.3 cm³/mol. The zero-order valence-corrected chi connectivity index (χ0v) is 15.6. The standard InChI is InChI=1S/C18H30N4O3/c1-11(2)14-9-22(8-7-18(24)25)10-16(14)19-17(23)6-5-15-12(3)13(4)20-21-15/h11,14,16H,5-10H2,1-4H3,(H,19,23)(H,20,21)(H,24,25)/t14-,16+/m1/s1. The Kier molecular flexibility index (Phi) is 6.58. The number of carboxylic acids is 1. The lowest BCUT2D eigenvalue weighted by molar-refractivity contribution is -0.137. The summed E-state index contributed by atoms with van der Waals surface area (Å²) in [7, 11) is 0. The largest absolute Gasteiger partial charge is 0.481 e. The smallest absolute Gasteiger partial charge is 0.304 e. The molecule has 1 amide bonds. The summed E-state index contributed by atoms with van der Waals surface area (Å²) in [5.74, 6) is 0.0532. The van der Waals surface area contributed by atoms with Crippen molar-refractivity contribution >= 4 is 11.9 Å². The number of aromatic amines is 1. The highest BCUT2D eigenvalue weighted by Crippen LogP contribution is 2.24. The molecular formula is C18H30N4O3. The summed E-state index contributed by atoms with van der Waals surface area (Å²) in [6.07, 6.45) is 1.19. The Bertz CT molecular complexity index is 611. The number of nitrogens with zero attached hydrogens (tertiary/aromatic N) is 2. The van der Waals surface area contributed by atoms with Gasteiger partial charge in [0.25, 0.3) is 0 Å². The van der Waals surface area contributed by atoms with Gasteiger partial charge >= 0.3 is 5.97 Å². The number of hydrogen-bond acceptors (Lipinski definition) is 4. The molecular weight excluding hydrogens is 320 g/mol. The van der Waals surface area contributed by atoms with Crippen LogP contribution in [0.3, 0.4) is 0 Å². The van der Waals surface area contributed by atoms with E-state index in [4.69, 9.17) is 5.11 Å². The van der Waals surface area contributed by atoms with Crippen LogP contribution in [-0.4, -0.2) is 57.8 Å². The van der Waals surface area contributed by atoms with E-state index in [9.17, 15) is 9.59 Å². The van der Waals surface area contributed by atoms with Crippen LogP contribution >= 0.6 is 0 Å². The molecule has 1 saturated heterocycles. The number of aliphatic carboxylic acids is 1. The maximum absolute atomic E-state index is 12.4. The van der Waals surface area contributed by atoms with E-state index in [2.05, 4.69) is 34.3 Å². The Morgan fingerprint density at radius 3 is 2.60 bits per heavy atom. The van der Waals surface area contributed by atoms with Crippen LogP contribution in [0.15, 0.2) is 0 Å². The van der Waals surface area contributed by atoms with Crippen LogP contribution in [0.5, 0.6) is 0 Å². The summed E-state index contributed by atoms with van der Waals surface area (Å²) in [6.45, 7) is 10.4. The van der Waals surface area contributed by atoms with Crippen molar-refractivity contribution in [3.63, 3.8) is 0 Å². The lowest BCUT2D eigenvalue weighted by Gasteiger charge is -2.23. The topological polar surface area (TPSA) is 98.3 Å². The van der Waals surface area contributed by atoms with Gasteiger partial charge < -0.3 is 15.3 Å². The zero-order valence-electron chi connectivity index (χ0n) is 15.6. The highest BCUT2D eigenvalue weighted by Gasteiger charge is 2.35. The number of carboxylic acid groups (broad SMARTS) is 1. The van der Waals surface area contributed by atoms with Gasteiger partial charge in [-0.25, -0.2) is 0 Å². The molecule has 1 aliphatic heterocycles. The second-order valence-electron chi connectivity index (χ2n) is 7.41. The summed E-state index contributed by atoms with van der Waals surface area (Å²) in [4.78, 5) is 25.3. The number of rotatable bonds is 8. The van der Waals surface area contributed by atoms with Crippen LogP contribution in [0.2, 0.25) is 0 Å². The predicted octanol–water partition coefficient (Wildman–Crippen LogP) is 1.51. The van der Waals surface area contributed by atoms with Crippen LogP contribution < -0.4 is 5.32 Å². The van der Waals surface area contributed by atoms with E-state index < -0.39 is 5.97 Å². The molecule has 1 aromatic heterocycles.